The lowest BCUT2D eigenvalue weighted by molar-refractivity contribution is 0.0221. The average Bonchev–Trinajstić information content (AvgIpc) is 2.56. The summed E-state index contributed by atoms with van der Waals surface area (Å²) in [6.07, 6.45) is 2.95. The normalized spacial score (nSPS) is 17.5. The minimum absolute atomic E-state index is 0.155. The summed E-state index contributed by atoms with van der Waals surface area (Å²) in [5.41, 5.74) is 1.10. The smallest absolute Gasteiger partial charge is 0.323 e. The highest BCUT2D eigenvalue weighted by Crippen LogP contribution is 2.17. The van der Waals surface area contributed by atoms with E-state index in [1.165, 1.54) is 0 Å². The molecule has 3 rings (SSSR count). The van der Waals surface area contributed by atoms with Gasteiger partial charge in [-0.2, -0.15) is 0 Å². The molecule has 120 valence electrons. The maximum absolute atomic E-state index is 11.9. The summed E-state index contributed by atoms with van der Waals surface area (Å²) in [4.78, 5) is 20.4. The van der Waals surface area contributed by atoms with Crippen molar-refractivity contribution in [3.63, 3.8) is 0 Å². The molecule has 0 saturated carbocycles. The first-order chi connectivity index (χ1) is 11.2. The Morgan fingerprint density at radius 3 is 2.74 bits per heavy atom. The molecule has 1 atom stereocenters. The molecule has 1 fully saturated rings. The molecule has 23 heavy (non-hydrogen) atoms. The molecule has 1 aromatic carbocycles. The second-order valence-electron chi connectivity index (χ2n) is 4.98. The van der Waals surface area contributed by atoms with Crippen molar-refractivity contribution in [1.82, 2.24) is 15.3 Å². The molecule has 7 nitrogen and oxygen atoms in total. The van der Waals surface area contributed by atoms with Gasteiger partial charge in [-0.25, -0.2) is 14.8 Å². The van der Waals surface area contributed by atoms with E-state index in [9.17, 15) is 4.79 Å². The lowest BCUT2D eigenvalue weighted by atomic mass is 10.3. The molecule has 0 radical (unpaired) electrons. The number of nitrogens with one attached hydrogen (secondary N) is 3. The number of hydrogen-bond donors (Lipinski definition) is 3. The maximum atomic E-state index is 11.9. The Bertz CT molecular complexity index is 674. The highest BCUT2D eigenvalue weighted by Gasteiger charge is 2.18. The highest BCUT2D eigenvalue weighted by molar-refractivity contribution is 6.30. The van der Waals surface area contributed by atoms with Gasteiger partial charge in [-0.1, -0.05) is 17.7 Å². The number of benzene rings is 1. The van der Waals surface area contributed by atoms with E-state index in [4.69, 9.17) is 16.3 Å². The standard InChI is InChI=1S/C15H16ClN5O2/c16-10-2-1-3-11(6-10)20-15(22)21-12-7-18-14(19-8-12)13-9-17-4-5-23-13/h1-3,6-8,13,17H,4-5,9H2,(H2,20,21,22)/t13-/m1/s1. The minimum atomic E-state index is -0.390. The van der Waals surface area contributed by atoms with E-state index >= 15 is 0 Å². The van der Waals surface area contributed by atoms with Crippen molar-refractivity contribution in [2.75, 3.05) is 30.3 Å². The molecule has 0 aliphatic carbocycles. The third kappa shape index (κ3) is 4.38. The van der Waals surface area contributed by atoms with Gasteiger partial charge in [0.05, 0.1) is 24.7 Å². The number of morpholine rings is 1. The Hall–Kier alpha value is -2.22. The first-order valence-corrected chi connectivity index (χ1v) is 7.56. The topological polar surface area (TPSA) is 88.2 Å². The highest BCUT2D eigenvalue weighted by atomic mass is 35.5. The number of amides is 2. The summed E-state index contributed by atoms with van der Waals surface area (Å²) < 4.78 is 5.58. The molecular formula is C15H16ClN5O2. The van der Waals surface area contributed by atoms with E-state index < -0.39 is 0 Å². The van der Waals surface area contributed by atoms with Gasteiger partial charge in [0.25, 0.3) is 0 Å². The Morgan fingerprint density at radius 1 is 1.26 bits per heavy atom. The van der Waals surface area contributed by atoms with E-state index in [0.717, 1.165) is 6.54 Å². The first-order valence-electron chi connectivity index (χ1n) is 7.18. The fraction of sp³-hybridized carbons (Fsp3) is 0.267. The quantitative estimate of drug-likeness (QED) is 0.803. The molecule has 8 heteroatoms. The molecule has 1 saturated heterocycles. The van der Waals surface area contributed by atoms with Crippen LogP contribution in [0.25, 0.3) is 0 Å². The van der Waals surface area contributed by atoms with Crippen molar-refractivity contribution < 1.29 is 9.53 Å². The number of urea groups is 1. The molecule has 2 aromatic rings. The average molecular weight is 334 g/mol. The zero-order valence-corrected chi connectivity index (χ0v) is 13.0. The van der Waals surface area contributed by atoms with Crippen molar-refractivity contribution in [3.05, 3.63) is 47.5 Å². The van der Waals surface area contributed by atoms with Crippen LogP contribution in [-0.4, -0.2) is 35.7 Å². The summed E-state index contributed by atoms with van der Waals surface area (Å²) in [5.74, 6) is 0.595. The van der Waals surface area contributed by atoms with Crippen molar-refractivity contribution in [2.45, 2.75) is 6.10 Å². The van der Waals surface area contributed by atoms with Gasteiger partial charge in [0, 0.05) is 23.8 Å². The molecule has 1 aromatic heterocycles. The van der Waals surface area contributed by atoms with Gasteiger partial charge < -0.3 is 20.7 Å². The van der Waals surface area contributed by atoms with E-state index in [1.54, 1.807) is 36.7 Å². The van der Waals surface area contributed by atoms with Gasteiger partial charge in [-0.05, 0) is 18.2 Å². The molecule has 1 aliphatic heterocycles. The molecule has 1 aliphatic rings. The van der Waals surface area contributed by atoms with Crippen molar-refractivity contribution >= 4 is 29.0 Å². The van der Waals surface area contributed by atoms with Gasteiger partial charge in [0.1, 0.15) is 6.10 Å². The summed E-state index contributed by atoms with van der Waals surface area (Å²) in [6.45, 7) is 2.15. The van der Waals surface area contributed by atoms with E-state index in [0.29, 0.717) is 35.4 Å². The van der Waals surface area contributed by atoms with Gasteiger partial charge in [0.15, 0.2) is 5.82 Å². The summed E-state index contributed by atoms with van der Waals surface area (Å²) in [5, 5.41) is 9.12. The van der Waals surface area contributed by atoms with Crippen molar-refractivity contribution in [1.29, 1.82) is 0 Å². The van der Waals surface area contributed by atoms with Crippen LogP contribution < -0.4 is 16.0 Å². The molecular weight excluding hydrogens is 318 g/mol. The molecule has 0 unspecified atom stereocenters. The third-order valence-corrected chi connectivity index (χ3v) is 3.46. The van der Waals surface area contributed by atoms with Crippen LogP contribution in [0.3, 0.4) is 0 Å². The lowest BCUT2D eigenvalue weighted by Crippen LogP contribution is -2.34. The number of carbonyl (C=O) groups excluding carboxylic acids is 1. The van der Waals surface area contributed by atoms with Crippen LogP contribution in [0, 0.1) is 0 Å². The molecule has 0 spiro atoms. The summed E-state index contributed by atoms with van der Waals surface area (Å²) in [7, 11) is 0. The third-order valence-electron chi connectivity index (χ3n) is 3.23. The van der Waals surface area contributed by atoms with Crippen molar-refractivity contribution in [3.8, 4) is 0 Å². The number of aromatic nitrogens is 2. The first kappa shape index (κ1) is 15.7. The molecule has 2 heterocycles. The molecule has 2 amide bonds. The van der Waals surface area contributed by atoms with Crippen LogP contribution >= 0.6 is 11.6 Å². The van der Waals surface area contributed by atoms with Gasteiger partial charge >= 0.3 is 6.03 Å². The SMILES string of the molecule is O=C(Nc1cnc([C@H]2CNCCO2)nc1)Nc1cccc(Cl)c1. The van der Waals surface area contributed by atoms with Gasteiger partial charge in [0.2, 0.25) is 0 Å². The number of ether oxygens (including phenoxy) is 1. The zero-order chi connectivity index (χ0) is 16.1. The Morgan fingerprint density at radius 2 is 2.04 bits per heavy atom. The van der Waals surface area contributed by atoms with Crippen LogP contribution in [0.1, 0.15) is 11.9 Å². The van der Waals surface area contributed by atoms with Gasteiger partial charge in [-0.15, -0.1) is 0 Å². The minimum Gasteiger partial charge on any atom is -0.368 e. The number of hydrogen-bond acceptors (Lipinski definition) is 5. The predicted octanol–water partition coefficient (Wildman–Crippen LogP) is 2.43. The van der Waals surface area contributed by atoms with Crippen LogP contribution in [-0.2, 0) is 4.74 Å². The largest absolute Gasteiger partial charge is 0.368 e. The number of rotatable bonds is 3. The lowest BCUT2D eigenvalue weighted by Gasteiger charge is -2.22. The van der Waals surface area contributed by atoms with Crippen molar-refractivity contribution in [2.24, 2.45) is 0 Å². The fourth-order valence-corrected chi connectivity index (χ4v) is 2.35. The van der Waals surface area contributed by atoms with Crippen LogP contribution in [0.5, 0.6) is 0 Å². The monoisotopic (exact) mass is 333 g/mol. The zero-order valence-electron chi connectivity index (χ0n) is 12.3. The van der Waals surface area contributed by atoms with Gasteiger partial charge in [-0.3, -0.25) is 0 Å². The van der Waals surface area contributed by atoms with E-state index in [-0.39, 0.29) is 12.1 Å². The second-order valence-corrected chi connectivity index (χ2v) is 5.42. The molecule has 3 N–H and O–H groups in total. The van der Waals surface area contributed by atoms with Crippen LogP contribution in [0.15, 0.2) is 36.7 Å². The second kappa shape index (κ2) is 7.36. The maximum Gasteiger partial charge on any atom is 0.323 e. The Balaban J connectivity index is 1.58. The number of halogens is 1. The number of anilines is 2. The van der Waals surface area contributed by atoms with E-state index in [2.05, 4.69) is 25.9 Å². The number of carbonyl (C=O) groups is 1. The predicted molar refractivity (Wildman–Crippen MR) is 87.7 cm³/mol. The Kier molecular flexibility index (Phi) is 5.02. The Labute approximate surface area is 138 Å². The fourth-order valence-electron chi connectivity index (χ4n) is 2.16. The van der Waals surface area contributed by atoms with Crippen LogP contribution in [0.2, 0.25) is 5.02 Å². The number of nitrogens with zero attached hydrogens (tertiary/aromatic N) is 2. The molecule has 0 bridgehead atoms. The van der Waals surface area contributed by atoms with Crippen LogP contribution in [0.4, 0.5) is 16.2 Å². The van der Waals surface area contributed by atoms with E-state index in [1.807, 2.05) is 0 Å². The summed E-state index contributed by atoms with van der Waals surface area (Å²) in [6, 6.07) is 6.51. The summed E-state index contributed by atoms with van der Waals surface area (Å²) >= 11 is 5.87.